The molecule has 0 radical (unpaired) electrons. The summed E-state index contributed by atoms with van der Waals surface area (Å²) < 4.78 is 41.3. The van der Waals surface area contributed by atoms with Crippen molar-refractivity contribution in [3.63, 3.8) is 0 Å². The predicted octanol–water partition coefficient (Wildman–Crippen LogP) is 5.49. The van der Waals surface area contributed by atoms with Crippen molar-refractivity contribution < 1.29 is 18.0 Å². The fourth-order valence-electron chi connectivity index (χ4n) is 3.88. The van der Waals surface area contributed by atoms with Gasteiger partial charge in [-0.2, -0.15) is 13.2 Å². The van der Waals surface area contributed by atoms with E-state index < -0.39 is 11.7 Å². The molecule has 2 aliphatic heterocycles. The number of para-hydroxylation sites is 1. The molecule has 4 rings (SSSR count). The van der Waals surface area contributed by atoms with Gasteiger partial charge in [-0.05, 0) is 37.1 Å². The predicted molar refractivity (Wildman–Crippen MR) is 109 cm³/mol. The summed E-state index contributed by atoms with van der Waals surface area (Å²) in [7, 11) is 0. The maximum atomic E-state index is 13.8. The number of hydrogen-bond donors (Lipinski definition) is 2. The van der Waals surface area contributed by atoms with Gasteiger partial charge in [-0.25, -0.2) is 0 Å². The number of benzene rings is 2. The molecule has 1 saturated heterocycles. The van der Waals surface area contributed by atoms with E-state index in [-0.39, 0.29) is 11.6 Å². The summed E-state index contributed by atoms with van der Waals surface area (Å²) in [6, 6.07) is 11.5. The number of alkyl halides is 3. The molecule has 152 valence electrons. The number of hydrogen-bond acceptors (Lipinski definition) is 3. The Hall–Kier alpha value is -2.96. The number of rotatable bonds is 3. The molecular formula is C22H22F3N3O. The SMILES string of the molecule is O=C1Nc2ccccc2/C1=C\Nc1ccc(N2CCCCCC2)c(C(F)(F)F)c1. The van der Waals surface area contributed by atoms with Crippen LogP contribution in [0.4, 0.5) is 30.2 Å². The highest BCUT2D eigenvalue weighted by molar-refractivity contribution is 6.31. The lowest BCUT2D eigenvalue weighted by Gasteiger charge is -2.26. The molecule has 2 aliphatic rings. The fraction of sp³-hybridized carbons (Fsp3) is 0.318. The lowest BCUT2D eigenvalue weighted by Crippen LogP contribution is -2.26. The quantitative estimate of drug-likeness (QED) is 0.669. The van der Waals surface area contributed by atoms with Crippen molar-refractivity contribution in [2.24, 2.45) is 0 Å². The minimum atomic E-state index is -4.45. The average molecular weight is 401 g/mol. The Kier molecular flexibility index (Phi) is 5.22. The van der Waals surface area contributed by atoms with Gasteiger partial charge in [0.05, 0.1) is 11.1 Å². The number of nitrogens with one attached hydrogen (secondary N) is 2. The summed E-state index contributed by atoms with van der Waals surface area (Å²) in [6.45, 7) is 1.27. The highest BCUT2D eigenvalue weighted by Gasteiger charge is 2.35. The van der Waals surface area contributed by atoms with Crippen molar-refractivity contribution in [3.8, 4) is 0 Å². The van der Waals surface area contributed by atoms with Crippen molar-refractivity contribution in [2.45, 2.75) is 31.9 Å². The van der Waals surface area contributed by atoms with Crippen molar-refractivity contribution in [1.29, 1.82) is 0 Å². The Morgan fingerprint density at radius 3 is 2.45 bits per heavy atom. The largest absolute Gasteiger partial charge is 0.418 e. The third kappa shape index (κ3) is 4.09. The van der Waals surface area contributed by atoms with Crippen molar-refractivity contribution in [1.82, 2.24) is 0 Å². The lowest BCUT2D eigenvalue weighted by molar-refractivity contribution is -0.137. The summed E-state index contributed by atoms with van der Waals surface area (Å²) in [4.78, 5) is 14.0. The van der Waals surface area contributed by atoms with Gasteiger partial charge in [0.25, 0.3) is 5.91 Å². The molecule has 0 bridgehead atoms. The van der Waals surface area contributed by atoms with E-state index in [1.807, 2.05) is 17.0 Å². The van der Waals surface area contributed by atoms with Crippen LogP contribution in [0.3, 0.4) is 0 Å². The molecule has 0 aromatic heterocycles. The highest BCUT2D eigenvalue weighted by Crippen LogP contribution is 2.39. The summed E-state index contributed by atoms with van der Waals surface area (Å²) in [5, 5.41) is 5.62. The van der Waals surface area contributed by atoms with Gasteiger partial charge in [0, 0.05) is 41.9 Å². The van der Waals surface area contributed by atoms with E-state index in [9.17, 15) is 18.0 Å². The van der Waals surface area contributed by atoms with Gasteiger partial charge in [-0.1, -0.05) is 31.0 Å². The highest BCUT2D eigenvalue weighted by atomic mass is 19.4. The van der Waals surface area contributed by atoms with E-state index in [0.29, 0.717) is 30.0 Å². The number of nitrogens with zero attached hydrogens (tertiary/aromatic N) is 1. The van der Waals surface area contributed by atoms with E-state index in [1.54, 1.807) is 18.2 Å². The van der Waals surface area contributed by atoms with Crippen molar-refractivity contribution in [3.05, 3.63) is 59.8 Å². The monoisotopic (exact) mass is 401 g/mol. The van der Waals surface area contributed by atoms with Crippen LogP contribution in [-0.2, 0) is 11.0 Å². The first-order chi connectivity index (χ1) is 13.9. The maximum Gasteiger partial charge on any atom is 0.418 e. The van der Waals surface area contributed by atoms with Gasteiger partial charge < -0.3 is 15.5 Å². The minimum Gasteiger partial charge on any atom is -0.371 e. The van der Waals surface area contributed by atoms with Gasteiger partial charge in [-0.15, -0.1) is 0 Å². The third-order valence-corrected chi connectivity index (χ3v) is 5.34. The minimum absolute atomic E-state index is 0.224. The Morgan fingerprint density at radius 1 is 1.00 bits per heavy atom. The summed E-state index contributed by atoms with van der Waals surface area (Å²) in [5.41, 5.74) is 1.67. The lowest BCUT2D eigenvalue weighted by atomic mass is 10.1. The molecule has 0 aliphatic carbocycles. The molecule has 1 amide bonds. The van der Waals surface area contributed by atoms with Crippen LogP contribution < -0.4 is 15.5 Å². The van der Waals surface area contributed by atoms with E-state index in [2.05, 4.69) is 10.6 Å². The molecule has 4 nitrogen and oxygen atoms in total. The van der Waals surface area contributed by atoms with Gasteiger partial charge >= 0.3 is 6.18 Å². The molecule has 0 atom stereocenters. The maximum absolute atomic E-state index is 13.8. The molecule has 0 saturated carbocycles. The number of anilines is 3. The molecule has 7 heteroatoms. The molecule has 2 aromatic carbocycles. The molecule has 2 heterocycles. The zero-order valence-electron chi connectivity index (χ0n) is 15.9. The third-order valence-electron chi connectivity index (χ3n) is 5.34. The summed E-state index contributed by atoms with van der Waals surface area (Å²) in [5.74, 6) is -0.282. The summed E-state index contributed by atoms with van der Waals surface area (Å²) in [6.07, 6.45) is 0.908. The number of halogens is 3. The topological polar surface area (TPSA) is 44.4 Å². The Bertz CT molecular complexity index is 945. The van der Waals surface area contributed by atoms with Gasteiger partial charge in [0.2, 0.25) is 0 Å². The second-order valence-corrected chi connectivity index (χ2v) is 7.33. The molecule has 1 fully saturated rings. The molecule has 29 heavy (non-hydrogen) atoms. The number of fused-ring (bicyclic) bond motifs is 1. The molecule has 0 spiro atoms. The summed E-state index contributed by atoms with van der Waals surface area (Å²) >= 11 is 0. The Morgan fingerprint density at radius 2 is 1.72 bits per heavy atom. The van der Waals surface area contributed by atoms with E-state index in [1.165, 1.54) is 12.3 Å². The van der Waals surface area contributed by atoms with Crippen LogP contribution in [0.2, 0.25) is 0 Å². The molecule has 2 N–H and O–H groups in total. The number of carbonyl (C=O) groups is 1. The van der Waals surface area contributed by atoms with Crippen LogP contribution in [0.15, 0.2) is 48.7 Å². The van der Waals surface area contributed by atoms with Crippen LogP contribution in [0, 0.1) is 0 Å². The number of carbonyl (C=O) groups excluding carboxylic acids is 1. The fourth-order valence-corrected chi connectivity index (χ4v) is 3.88. The first-order valence-corrected chi connectivity index (χ1v) is 9.77. The Labute approximate surface area is 167 Å². The second-order valence-electron chi connectivity index (χ2n) is 7.33. The van der Waals surface area contributed by atoms with Crippen molar-refractivity contribution >= 4 is 28.5 Å². The van der Waals surface area contributed by atoms with Gasteiger partial charge in [0.15, 0.2) is 0 Å². The van der Waals surface area contributed by atoms with Gasteiger partial charge in [0.1, 0.15) is 0 Å². The molecule has 0 unspecified atom stereocenters. The van der Waals surface area contributed by atoms with Crippen LogP contribution in [0.25, 0.3) is 5.57 Å². The zero-order valence-corrected chi connectivity index (χ0v) is 15.9. The molecule has 2 aromatic rings. The average Bonchev–Trinajstić information content (AvgIpc) is 2.85. The number of amides is 1. The van der Waals surface area contributed by atoms with Crippen LogP contribution >= 0.6 is 0 Å². The Balaban J connectivity index is 1.63. The van der Waals surface area contributed by atoms with E-state index in [4.69, 9.17) is 0 Å². The molecular weight excluding hydrogens is 379 g/mol. The normalized spacial score (nSPS) is 18.4. The van der Waals surface area contributed by atoms with Crippen LogP contribution in [-0.4, -0.2) is 19.0 Å². The van der Waals surface area contributed by atoms with E-state index in [0.717, 1.165) is 37.3 Å². The van der Waals surface area contributed by atoms with E-state index >= 15 is 0 Å². The smallest absolute Gasteiger partial charge is 0.371 e. The second kappa shape index (κ2) is 7.81. The van der Waals surface area contributed by atoms with Gasteiger partial charge in [-0.3, -0.25) is 4.79 Å². The first kappa shape index (κ1) is 19.4. The van der Waals surface area contributed by atoms with Crippen LogP contribution in [0.5, 0.6) is 0 Å². The first-order valence-electron chi connectivity index (χ1n) is 9.77. The standard InChI is InChI=1S/C22H22F3N3O/c23-22(24,25)18-13-15(9-10-20(18)28-11-5-1-2-6-12-28)26-14-17-16-7-3-4-8-19(16)27-21(17)29/h3-4,7-10,13-14,26H,1-2,5-6,11-12H2,(H,27,29)/b17-14+. The van der Waals surface area contributed by atoms with Crippen LogP contribution in [0.1, 0.15) is 36.8 Å². The van der Waals surface area contributed by atoms with Crippen molar-refractivity contribution in [2.75, 3.05) is 28.6 Å². The zero-order chi connectivity index (χ0) is 20.4.